The molecule has 14 heavy (non-hydrogen) atoms. The minimum absolute atomic E-state index is 0.109. The van der Waals surface area contributed by atoms with E-state index in [1.165, 1.54) is 18.5 Å². The van der Waals surface area contributed by atoms with E-state index >= 15 is 0 Å². The summed E-state index contributed by atoms with van der Waals surface area (Å²) in [5.41, 5.74) is 6.26. The lowest BCUT2D eigenvalue weighted by Crippen LogP contribution is -2.01. The summed E-state index contributed by atoms with van der Waals surface area (Å²) in [6.45, 7) is 1.81. The van der Waals surface area contributed by atoms with Gasteiger partial charge >= 0.3 is 0 Å². The zero-order valence-electron chi connectivity index (χ0n) is 7.61. The zero-order chi connectivity index (χ0) is 10.1. The van der Waals surface area contributed by atoms with Crippen LogP contribution in [0.15, 0.2) is 24.5 Å². The van der Waals surface area contributed by atoms with E-state index in [0.717, 1.165) is 5.82 Å². The first kappa shape index (κ1) is 8.68. The van der Waals surface area contributed by atoms with E-state index in [2.05, 4.69) is 10.1 Å². The maximum Gasteiger partial charge on any atom is 0.146 e. The van der Waals surface area contributed by atoms with Gasteiger partial charge in [0.25, 0.3) is 0 Å². The molecule has 0 saturated carbocycles. The van der Waals surface area contributed by atoms with Crippen LogP contribution in [0.1, 0.15) is 5.82 Å². The summed E-state index contributed by atoms with van der Waals surface area (Å²) < 4.78 is 14.5. The maximum atomic E-state index is 12.9. The number of aromatic nitrogens is 3. The van der Waals surface area contributed by atoms with Crippen LogP contribution in [0.2, 0.25) is 0 Å². The summed E-state index contributed by atoms with van der Waals surface area (Å²) in [6.07, 6.45) is 1.44. The highest BCUT2D eigenvalue weighted by Gasteiger charge is 2.04. The van der Waals surface area contributed by atoms with Gasteiger partial charge < -0.3 is 5.73 Å². The summed E-state index contributed by atoms with van der Waals surface area (Å²) in [7, 11) is 0. The molecule has 0 spiro atoms. The number of nitrogens with two attached hydrogens (primary N) is 1. The van der Waals surface area contributed by atoms with Crippen LogP contribution in [0, 0.1) is 12.7 Å². The van der Waals surface area contributed by atoms with Crippen molar-refractivity contribution in [3.63, 3.8) is 0 Å². The van der Waals surface area contributed by atoms with Gasteiger partial charge in [-0.05, 0) is 25.1 Å². The quantitative estimate of drug-likeness (QED) is 0.693. The summed E-state index contributed by atoms with van der Waals surface area (Å²) in [6, 6.07) is 4.44. The Labute approximate surface area is 80.2 Å². The van der Waals surface area contributed by atoms with E-state index in [-0.39, 0.29) is 5.69 Å². The van der Waals surface area contributed by atoms with Crippen LogP contribution in [0.5, 0.6) is 0 Å². The molecule has 72 valence electrons. The van der Waals surface area contributed by atoms with Crippen molar-refractivity contribution >= 4 is 5.69 Å². The van der Waals surface area contributed by atoms with Crippen LogP contribution in [-0.4, -0.2) is 14.8 Å². The van der Waals surface area contributed by atoms with Crippen molar-refractivity contribution < 1.29 is 4.39 Å². The van der Waals surface area contributed by atoms with Gasteiger partial charge in [-0.1, -0.05) is 0 Å². The van der Waals surface area contributed by atoms with Crippen LogP contribution in [0.4, 0.5) is 10.1 Å². The lowest BCUT2D eigenvalue weighted by Gasteiger charge is -2.04. The summed E-state index contributed by atoms with van der Waals surface area (Å²) in [4.78, 5) is 3.96. The van der Waals surface area contributed by atoms with Crippen molar-refractivity contribution in [2.45, 2.75) is 6.92 Å². The molecule has 2 aromatic rings. The SMILES string of the molecule is Cc1ncnn1-c1ccc(F)c(N)c1. The number of rotatable bonds is 1. The van der Waals surface area contributed by atoms with Gasteiger partial charge in [-0.2, -0.15) is 5.10 Å². The maximum absolute atomic E-state index is 12.9. The molecule has 0 atom stereocenters. The molecule has 4 nitrogen and oxygen atoms in total. The molecule has 0 saturated heterocycles. The lowest BCUT2D eigenvalue weighted by molar-refractivity contribution is 0.631. The normalized spacial score (nSPS) is 10.4. The third-order valence-electron chi connectivity index (χ3n) is 1.94. The molecule has 1 heterocycles. The largest absolute Gasteiger partial charge is 0.396 e. The molecular weight excluding hydrogens is 183 g/mol. The molecule has 0 radical (unpaired) electrons. The molecule has 0 aliphatic heterocycles. The number of halogens is 1. The molecule has 0 unspecified atom stereocenters. The minimum Gasteiger partial charge on any atom is -0.396 e. The smallest absolute Gasteiger partial charge is 0.146 e. The van der Waals surface area contributed by atoms with E-state index in [1.807, 2.05) is 6.92 Å². The number of benzene rings is 1. The van der Waals surface area contributed by atoms with Gasteiger partial charge in [-0.3, -0.25) is 0 Å². The van der Waals surface area contributed by atoms with Gasteiger partial charge in [0.2, 0.25) is 0 Å². The minimum atomic E-state index is -0.425. The molecule has 0 fully saturated rings. The fourth-order valence-electron chi connectivity index (χ4n) is 1.22. The van der Waals surface area contributed by atoms with Crippen molar-refractivity contribution in [2.24, 2.45) is 0 Å². The van der Waals surface area contributed by atoms with E-state index < -0.39 is 5.82 Å². The molecule has 0 aliphatic carbocycles. The van der Waals surface area contributed by atoms with Gasteiger partial charge in [-0.15, -0.1) is 0 Å². The first-order valence-corrected chi connectivity index (χ1v) is 4.10. The molecule has 0 bridgehead atoms. The second-order valence-corrected chi connectivity index (χ2v) is 2.92. The van der Waals surface area contributed by atoms with Crippen molar-refractivity contribution in [1.29, 1.82) is 0 Å². The standard InChI is InChI=1S/C9H9FN4/c1-6-12-5-13-14(6)7-2-3-8(10)9(11)4-7/h2-5H,11H2,1H3. The van der Waals surface area contributed by atoms with E-state index in [4.69, 9.17) is 5.73 Å². The Kier molecular flexibility index (Phi) is 1.92. The molecule has 0 aliphatic rings. The van der Waals surface area contributed by atoms with Crippen LogP contribution < -0.4 is 5.73 Å². The number of hydrogen-bond donors (Lipinski definition) is 1. The summed E-state index contributed by atoms with van der Waals surface area (Å²) in [5, 5.41) is 3.98. The molecule has 2 N–H and O–H groups in total. The summed E-state index contributed by atoms with van der Waals surface area (Å²) >= 11 is 0. The number of aryl methyl sites for hydroxylation is 1. The summed E-state index contributed by atoms with van der Waals surface area (Å²) in [5.74, 6) is 0.308. The average Bonchev–Trinajstić information content (AvgIpc) is 2.57. The van der Waals surface area contributed by atoms with Gasteiger partial charge in [0.1, 0.15) is 18.0 Å². The second kappa shape index (κ2) is 3.10. The van der Waals surface area contributed by atoms with Gasteiger partial charge in [0.05, 0.1) is 11.4 Å². The fourth-order valence-corrected chi connectivity index (χ4v) is 1.22. The zero-order valence-corrected chi connectivity index (χ0v) is 7.61. The van der Waals surface area contributed by atoms with Crippen LogP contribution >= 0.6 is 0 Å². The predicted molar refractivity (Wildman–Crippen MR) is 50.5 cm³/mol. The highest BCUT2D eigenvalue weighted by atomic mass is 19.1. The Balaban J connectivity index is 2.53. The Hall–Kier alpha value is -1.91. The van der Waals surface area contributed by atoms with Gasteiger partial charge in [0, 0.05) is 0 Å². The predicted octanol–water partition coefficient (Wildman–Crippen LogP) is 1.30. The number of anilines is 1. The van der Waals surface area contributed by atoms with E-state index in [1.54, 1.807) is 10.7 Å². The lowest BCUT2D eigenvalue weighted by atomic mass is 10.2. The number of hydrogen-bond acceptors (Lipinski definition) is 3. The van der Waals surface area contributed by atoms with Gasteiger partial charge in [-0.25, -0.2) is 14.1 Å². The monoisotopic (exact) mass is 192 g/mol. The Morgan fingerprint density at radius 3 is 2.79 bits per heavy atom. The van der Waals surface area contributed by atoms with Gasteiger partial charge in [0.15, 0.2) is 0 Å². The van der Waals surface area contributed by atoms with Crippen molar-refractivity contribution in [3.8, 4) is 5.69 Å². The third-order valence-corrected chi connectivity index (χ3v) is 1.94. The molecule has 1 aromatic heterocycles. The second-order valence-electron chi connectivity index (χ2n) is 2.92. The van der Waals surface area contributed by atoms with Crippen LogP contribution in [0.3, 0.4) is 0 Å². The Morgan fingerprint density at radius 1 is 1.43 bits per heavy atom. The molecule has 0 amide bonds. The van der Waals surface area contributed by atoms with Crippen molar-refractivity contribution in [2.75, 3.05) is 5.73 Å². The molecule has 2 rings (SSSR count). The number of nitrogens with zero attached hydrogens (tertiary/aromatic N) is 3. The highest BCUT2D eigenvalue weighted by molar-refractivity contribution is 5.48. The topological polar surface area (TPSA) is 56.7 Å². The highest BCUT2D eigenvalue weighted by Crippen LogP contribution is 2.15. The van der Waals surface area contributed by atoms with Crippen LogP contribution in [-0.2, 0) is 0 Å². The molecule has 1 aromatic carbocycles. The first-order valence-electron chi connectivity index (χ1n) is 4.10. The van der Waals surface area contributed by atoms with E-state index in [9.17, 15) is 4.39 Å². The average molecular weight is 192 g/mol. The van der Waals surface area contributed by atoms with Crippen LogP contribution in [0.25, 0.3) is 5.69 Å². The Bertz CT molecular complexity index is 464. The molecule has 5 heteroatoms. The fraction of sp³-hybridized carbons (Fsp3) is 0.111. The van der Waals surface area contributed by atoms with Crippen molar-refractivity contribution in [1.82, 2.24) is 14.8 Å². The molecular formula is C9H9FN4. The Morgan fingerprint density at radius 2 is 2.21 bits per heavy atom. The van der Waals surface area contributed by atoms with E-state index in [0.29, 0.717) is 5.69 Å². The first-order chi connectivity index (χ1) is 6.68. The van der Waals surface area contributed by atoms with Crippen molar-refractivity contribution in [3.05, 3.63) is 36.2 Å². The third kappa shape index (κ3) is 1.32. The number of nitrogen functional groups attached to an aromatic ring is 1.